The van der Waals surface area contributed by atoms with Gasteiger partial charge in [0.2, 0.25) is 5.91 Å². The van der Waals surface area contributed by atoms with Gasteiger partial charge in [-0.15, -0.1) is 0 Å². The van der Waals surface area contributed by atoms with Crippen LogP contribution in [0.4, 0.5) is 11.4 Å². The smallest absolute Gasteiger partial charge is 0.269 e. The van der Waals surface area contributed by atoms with Gasteiger partial charge in [0.05, 0.1) is 17.1 Å². The fourth-order valence-electron chi connectivity index (χ4n) is 1.83. The Morgan fingerprint density at radius 1 is 1.40 bits per heavy atom. The third-order valence-electron chi connectivity index (χ3n) is 2.43. The first-order chi connectivity index (χ1) is 9.17. The minimum Gasteiger partial charge on any atom is -0.389 e. The topological polar surface area (TPSA) is 95.7 Å². The molecule has 0 radical (unpaired) electrons. The Hall–Kier alpha value is -1.99. The van der Waals surface area contributed by atoms with E-state index in [0.717, 1.165) is 0 Å². The Labute approximate surface area is 117 Å². The second kappa shape index (κ2) is 6.44. The van der Waals surface area contributed by atoms with Gasteiger partial charge in [-0.2, -0.15) is 0 Å². The molecule has 1 aromatic rings. The number of aliphatic hydroxyl groups is 1. The minimum absolute atomic E-state index is 0.0258. The molecule has 1 amide bonds. The van der Waals surface area contributed by atoms with E-state index in [4.69, 9.17) is 0 Å². The van der Waals surface area contributed by atoms with Crippen LogP contribution in [0.3, 0.4) is 0 Å². The molecule has 0 spiro atoms. The number of anilines is 1. The molecule has 0 atom stereocenters. The molecule has 0 fully saturated rings. The number of hydrogen-bond donors (Lipinski definition) is 2. The van der Waals surface area contributed by atoms with Gasteiger partial charge in [0, 0.05) is 24.4 Å². The molecule has 0 saturated heterocycles. The lowest BCUT2D eigenvalue weighted by Crippen LogP contribution is -2.40. The molecule has 0 heterocycles. The molecule has 0 saturated carbocycles. The van der Waals surface area contributed by atoms with E-state index >= 15 is 0 Å². The molecule has 0 aliphatic heterocycles. The summed E-state index contributed by atoms with van der Waals surface area (Å²) in [5.41, 5.74) is -0.401. The molecule has 7 heteroatoms. The lowest BCUT2D eigenvalue weighted by atomic mass is 10.1. The van der Waals surface area contributed by atoms with Gasteiger partial charge in [-0.05, 0) is 33.0 Å². The van der Waals surface area contributed by atoms with Crippen LogP contribution >= 0.6 is 0 Å². The van der Waals surface area contributed by atoms with Gasteiger partial charge in [0.25, 0.3) is 5.69 Å². The number of carbonyl (C=O) groups excluding carboxylic acids is 1. The molecule has 2 N–H and O–H groups in total. The zero-order chi connectivity index (χ0) is 15.3. The van der Waals surface area contributed by atoms with Crippen molar-refractivity contribution in [1.29, 1.82) is 0 Å². The average molecular weight is 281 g/mol. The number of rotatable bonds is 6. The number of nitrogens with zero attached hydrogens (tertiary/aromatic N) is 2. The first-order valence-electron chi connectivity index (χ1n) is 6.12. The van der Waals surface area contributed by atoms with Gasteiger partial charge < -0.3 is 10.4 Å². The molecule has 7 nitrogen and oxygen atoms in total. The Balaban J connectivity index is 2.52. The number of nitro groups is 1. The van der Waals surface area contributed by atoms with Gasteiger partial charge in [-0.25, -0.2) is 0 Å². The summed E-state index contributed by atoms with van der Waals surface area (Å²) < 4.78 is 0. The van der Waals surface area contributed by atoms with Crippen molar-refractivity contribution in [3.8, 4) is 0 Å². The number of likely N-dealkylation sites (N-methyl/N-ethyl adjacent to an activating group) is 1. The SMILES string of the molecule is CN(CC(=O)Nc1ccc([N+](=O)[O-])cc1)CC(C)(C)O. The van der Waals surface area contributed by atoms with Crippen molar-refractivity contribution in [2.24, 2.45) is 0 Å². The van der Waals surface area contributed by atoms with Crippen LogP contribution in [0.5, 0.6) is 0 Å². The molecule has 0 aliphatic rings. The highest BCUT2D eigenvalue weighted by Crippen LogP contribution is 2.15. The highest BCUT2D eigenvalue weighted by Gasteiger charge is 2.17. The van der Waals surface area contributed by atoms with Crippen molar-refractivity contribution >= 4 is 17.3 Å². The van der Waals surface area contributed by atoms with Crippen LogP contribution in [0, 0.1) is 10.1 Å². The van der Waals surface area contributed by atoms with Crippen molar-refractivity contribution in [2.45, 2.75) is 19.4 Å². The van der Waals surface area contributed by atoms with Crippen LogP contribution in [0.2, 0.25) is 0 Å². The van der Waals surface area contributed by atoms with E-state index in [1.54, 1.807) is 25.8 Å². The number of carbonyl (C=O) groups is 1. The Morgan fingerprint density at radius 2 is 1.95 bits per heavy atom. The molecule has 1 aromatic carbocycles. The summed E-state index contributed by atoms with van der Waals surface area (Å²) in [6.07, 6.45) is 0. The van der Waals surface area contributed by atoms with Gasteiger partial charge in [0.15, 0.2) is 0 Å². The average Bonchev–Trinajstić information content (AvgIpc) is 2.26. The quantitative estimate of drug-likeness (QED) is 0.604. The van der Waals surface area contributed by atoms with E-state index in [1.807, 2.05) is 0 Å². The van der Waals surface area contributed by atoms with Crippen LogP contribution in [-0.2, 0) is 4.79 Å². The zero-order valence-corrected chi connectivity index (χ0v) is 11.8. The largest absolute Gasteiger partial charge is 0.389 e. The third kappa shape index (κ3) is 5.77. The highest BCUT2D eigenvalue weighted by molar-refractivity contribution is 5.92. The Bertz CT molecular complexity index is 479. The zero-order valence-electron chi connectivity index (χ0n) is 11.8. The summed E-state index contributed by atoms with van der Waals surface area (Å²) >= 11 is 0. The van der Waals surface area contributed by atoms with Crippen LogP contribution < -0.4 is 5.32 Å². The minimum atomic E-state index is -0.873. The summed E-state index contributed by atoms with van der Waals surface area (Å²) in [5, 5.41) is 22.8. The molecular weight excluding hydrogens is 262 g/mol. The van der Waals surface area contributed by atoms with Crippen molar-refractivity contribution in [2.75, 3.05) is 25.5 Å². The summed E-state index contributed by atoms with van der Waals surface area (Å²) in [5.74, 6) is -0.245. The molecule has 0 aromatic heterocycles. The Morgan fingerprint density at radius 3 is 2.40 bits per heavy atom. The number of non-ortho nitro benzene ring substituents is 1. The lowest BCUT2D eigenvalue weighted by Gasteiger charge is -2.24. The van der Waals surface area contributed by atoms with E-state index in [1.165, 1.54) is 24.3 Å². The third-order valence-corrected chi connectivity index (χ3v) is 2.43. The first kappa shape index (κ1) is 16.1. The van der Waals surface area contributed by atoms with Gasteiger partial charge >= 0.3 is 0 Å². The number of nitro benzene ring substituents is 1. The molecule has 0 aliphatic carbocycles. The summed E-state index contributed by atoms with van der Waals surface area (Å²) in [6.45, 7) is 3.82. The maximum absolute atomic E-state index is 11.8. The molecular formula is C13H19N3O4. The number of hydrogen-bond acceptors (Lipinski definition) is 5. The van der Waals surface area contributed by atoms with Crippen LogP contribution in [0.1, 0.15) is 13.8 Å². The molecule has 1 rings (SSSR count). The van der Waals surface area contributed by atoms with Gasteiger partial charge in [-0.1, -0.05) is 0 Å². The Kier molecular flexibility index (Phi) is 5.18. The summed E-state index contributed by atoms with van der Waals surface area (Å²) in [7, 11) is 1.73. The maximum Gasteiger partial charge on any atom is 0.269 e. The fourth-order valence-corrected chi connectivity index (χ4v) is 1.83. The highest BCUT2D eigenvalue weighted by atomic mass is 16.6. The van der Waals surface area contributed by atoms with Crippen molar-refractivity contribution in [1.82, 2.24) is 4.90 Å². The molecule has 0 unspecified atom stereocenters. The summed E-state index contributed by atoms with van der Waals surface area (Å²) in [4.78, 5) is 23.5. The molecule has 110 valence electrons. The number of nitrogens with one attached hydrogen (secondary N) is 1. The molecule has 20 heavy (non-hydrogen) atoms. The van der Waals surface area contributed by atoms with Crippen molar-refractivity contribution in [3.63, 3.8) is 0 Å². The van der Waals surface area contributed by atoms with Crippen LogP contribution in [0.25, 0.3) is 0 Å². The number of amides is 1. The van der Waals surface area contributed by atoms with Crippen molar-refractivity contribution in [3.05, 3.63) is 34.4 Å². The fraction of sp³-hybridized carbons (Fsp3) is 0.462. The monoisotopic (exact) mass is 281 g/mol. The molecule has 0 bridgehead atoms. The number of benzene rings is 1. The van der Waals surface area contributed by atoms with E-state index < -0.39 is 10.5 Å². The van der Waals surface area contributed by atoms with E-state index in [9.17, 15) is 20.0 Å². The van der Waals surface area contributed by atoms with Crippen LogP contribution in [-0.4, -0.2) is 46.6 Å². The first-order valence-corrected chi connectivity index (χ1v) is 6.12. The predicted octanol–water partition coefficient (Wildman–Crippen LogP) is 1.24. The van der Waals surface area contributed by atoms with Crippen LogP contribution in [0.15, 0.2) is 24.3 Å². The maximum atomic E-state index is 11.8. The standard InChI is InChI=1S/C13H19N3O4/c1-13(2,18)9-15(3)8-12(17)14-10-4-6-11(7-5-10)16(19)20/h4-7,18H,8-9H2,1-3H3,(H,14,17). The van der Waals surface area contributed by atoms with Gasteiger partial charge in [0.1, 0.15) is 0 Å². The van der Waals surface area contributed by atoms with E-state index in [0.29, 0.717) is 12.2 Å². The van der Waals surface area contributed by atoms with E-state index in [-0.39, 0.29) is 18.1 Å². The normalized spacial score (nSPS) is 11.4. The second-order valence-electron chi connectivity index (χ2n) is 5.34. The summed E-state index contributed by atoms with van der Waals surface area (Å²) in [6, 6.07) is 5.62. The second-order valence-corrected chi connectivity index (χ2v) is 5.34. The van der Waals surface area contributed by atoms with Gasteiger partial charge in [-0.3, -0.25) is 19.8 Å². The van der Waals surface area contributed by atoms with E-state index in [2.05, 4.69) is 5.32 Å². The lowest BCUT2D eigenvalue weighted by molar-refractivity contribution is -0.384. The predicted molar refractivity (Wildman–Crippen MR) is 75.5 cm³/mol. The van der Waals surface area contributed by atoms with Crippen molar-refractivity contribution < 1.29 is 14.8 Å².